The van der Waals surface area contributed by atoms with E-state index in [4.69, 9.17) is 11.6 Å². The molecule has 96 valence electrons. The second-order valence-corrected chi connectivity index (χ2v) is 7.95. The van der Waals surface area contributed by atoms with Crippen LogP contribution in [0.15, 0.2) is 28.7 Å². The molecule has 0 radical (unpaired) electrons. The van der Waals surface area contributed by atoms with Crippen LogP contribution in [0.4, 0.5) is 0 Å². The fourth-order valence-electron chi connectivity index (χ4n) is 1.55. The number of hydrogen-bond donors (Lipinski definition) is 1. The highest BCUT2D eigenvalue weighted by Crippen LogP contribution is 2.39. The van der Waals surface area contributed by atoms with Crippen molar-refractivity contribution < 1.29 is 13.5 Å². The van der Waals surface area contributed by atoms with Gasteiger partial charge in [-0.3, -0.25) is 0 Å². The van der Waals surface area contributed by atoms with Gasteiger partial charge in [-0.1, -0.05) is 46.6 Å². The Morgan fingerprint density at radius 1 is 1.41 bits per heavy atom. The maximum atomic E-state index is 11.7. The SMILES string of the molecule is CC[C@](Cl)([C@H](O)c1ccc(Br)cc1)S(C)(=O)=O. The van der Waals surface area contributed by atoms with Gasteiger partial charge >= 0.3 is 0 Å². The molecule has 0 bridgehead atoms. The summed E-state index contributed by atoms with van der Waals surface area (Å²) in [4.78, 5) is 0. The number of rotatable bonds is 4. The van der Waals surface area contributed by atoms with Gasteiger partial charge in [0.25, 0.3) is 0 Å². The number of halogens is 2. The minimum Gasteiger partial charge on any atom is -0.385 e. The Morgan fingerprint density at radius 3 is 2.24 bits per heavy atom. The van der Waals surface area contributed by atoms with Gasteiger partial charge in [-0.2, -0.15) is 0 Å². The van der Waals surface area contributed by atoms with Gasteiger partial charge < -0.3 is 5.11 Å². The molecule has 0 amide bonds. The number of benzene rings is 1. The molecule has 0 saturated carbocycles. The number of aliphatic hydroxyl groups is 1. The molecule has 0 aliphatic rings. The highest BCUT2D eigenvalue weighted by molar-refractivity contribution is 9.10. The smallest absolute Gasteiger partial charge is 0.174 e. The van der Waals surface area contributed by atoms with Crippen LogP contribution >= 0.6 is 27.5 Å². The van der Waals surface area contributed by atoms with Crippen LogP contribution in [-0.4, -0.2) is 24.0 Å². The fraction of sp³-hybridized carbons (Fsp3) is 0.455. The summed E-state index contributed by atoms with van der Waals surface area (Å²) in [5.41, 5.74) is 0.482. The summed E-state index contributed by atoms with van der Waals surface area (Å²) >= 11 is 9.34. The lowest BCUT2D eigenvalue weighted by Gasteiger charge is -2.29. The van der Waals surface area contributed by atoms with Crippen molar-refractivity contribution in [1.82, 2.24) is 0 Å². The Kier molecular flexibility index (Phi) is 4.63. The summed E-state index contributed by atoms with van der Waals surface area (Å²) < 4.78 is 22.5. The van der Waals surface area contributed by atoms with Crippen LogP contribution in [0.2, 0.25) is 0 Å². The molecule has 0 heterocycles. The van der Waals surface area contributed by atoms with Gasteiger partial charge in [-0.15, -0.1) is 0 Å². The molecule has 0 aliphatic carbocycles. The molecule has 6 heteroatoms. The van der Waals surface area contributed by atoms with Crippen molar-refractivity contribution in [3.05, 3.63) is 34.3 Å². The van der Waals surface area contributed by atoms with E-state index in [2.05, 4.69) is 15.9 Å². The van der Waals surface area contributed by atoms with Crippen molar-refractivity contribution in [1.29, 1.82) is 0 Å². The van der Waals surface area contributed by atoms with Crippen molar-refractivity contribution in [2.24, 2.45) is 0 Å². The van der Waals surface area contributed by atoms with Crippen LogP contribution < -0.4 is 0 Å². The molecule has 0 unspecified atom stereocenters. The molecule has 17 heavy (non-hydrogen) atoms. The number of sulfone groups is 1. The zero-order valence-electron chi connectivity index (χ0n) is 9.52. The summed E-state index contributed by atoms with van der Waals surface area (Å²) in [7, 11) is -3.57. The molecular weight excluding hydrogens is 328 g/mol. The van der Waals surface area contributed by atoms with E-state index in [0.717, 1.165) is 10.7 Å². The van der Waals surface area contributed by atoms with Crippen molar-refractivity contribution in [2.75, 3.05) is 6.26 Å². The Hall–Kier alpha value is -0.100. The van der Waals surface area contributed by atoms with Crippen molar-refractivity contribution >= 4 is 37.4 Å². The Balaban J connectivity index is 3.19. The van der Waals surface area contributed by atoms with E-state index in [-0.39, 0.29) is 6.42 Å². The number of aliphatic hydroxyl groups excluding tert-OH is 1. The summed E-state index contributed by atoms with van der Waals surface area (Å²) in [5, 5.41) is 10.1. The first kappa shape index (κ1) is 15.0. The number of alkyl halides is 1. The van der Waals surface area contributed by atoms with E-state index in [1.54, 1.807) is 31.2 Å². The highest BCUT2D eigenvalue weighted by Gasteiger charge is 2.44. The molecule has 0 aliphatic heterocycles. The minimum atomic E-state index is -3.57. The van der Waals surface area contributed by atoms with Crippen LogP contribution in [0.3, 0.4) is 0 Å². The molecule has 3 nitrogen and oxygen atoms in total. The van der Waals surface area contributed by atoms with Crippen molar-refractivity contribution in [3.63, 3.8) is 0 Å². The Morgan fingerprint density at radius 2 is 1.88 bits per heavy atom. The van der Waals surface area contributed by atoms with Gasteiger partial charge in [0.1, 0.15) is 6.10 Å². The lowest BCUT2D eigenvalue weighted by atomic mass is 10.0. The molecule has 1 rings (SSSR count). The second kappa shape index (κ2) is 5.26. The van der Waals surface area contributed by atoms with Crippen molar-refractivity contribution in [3.8, 4) is 0 Å². The monoisotopic (exact) mass is 340 g/mol. The first-order valence-electron chi connectivity index (χ1n) is 5.04. The standard InChI is InChI=1S/C11H14BrClO3S/c1-3-11(13,17(2,15)16)10(14)8-4-6-9(12)7-5-8/h4-7,10,14H,3H2,1-2H3/t10-,11-/m1/s1. The van der Waals surface area contributed by atoms with Crippen LogP contribution in [0.25, 0.3) is 0 Å². The third-order valence-corrected chi connectivity index (χ3v) is 6.28. The van der Waals surface area contributed by atoms with Gasteiger partial charge in [0.15, 0.2) is 14.0 Å². The summed E-state index contributed by atoms with van der Waals surface area (Å²) in [6, 6.07) is 6.75. The van der Waals surface area contributed by atoms with Gasteiger partial charge in [-0.05, 0) is 24.1 Å². The maximum absolute atomic E-state index is 11.7. The van der Waals surface area contributed by atoms with Gasteiger partial charge in [-0.25, -0.2) is 8.42 Å². The predicted octanol–water partition coefficient (Wildman–Crippen LogP) is 2.87. The third kappa shape index (κ3) is 3.02. The van der Waals surface area contributed by atoms with E-state index >= 15 is 0 Å². The van der Waals surface area contributed by atoms with Crippen molar-refractivity contribution in [2.45, 2.75) is 23.7 Å². The molecule has 2 atom stereocenters. The molecule has 0 saturated heterocycles. The highest BCUT2D eigenvalue weighted by atomic mass is 79.9. The van der Waals surface area contributed by atoms with Crippen LogP contribution in [0, 0.1) is 0 Å². The second-order valence-electron chi connectivity index (χ2n) is 3.87. The zero-order valence-corrected chi connectivity index (χ0v) is 12.7. The maximum Gasteiger partial charge on any atom is 0.174 e. The summed E-state index contributed by atoms with van der Waals surface area (Å²) in [6.07, 6.45) is -0.0896. The lowest BCUT2D eigenvalue weighted by Crippen LogP contribution is -2.37. The van der Waals surface area contributed by atoms with E-state index in [0.29, 0.717) is 5.56 Å². The fourth-order valence-corrected chi connectivity index (χ4v) is 3.01. The van der Waals surface area contributed by atoms with Gasteiger partial charge in [0, 0.05) is 10.7 Å². The first-order chi connectivity index (χ1) is 7.72. The normalized spacial score (nSPS) is 17.5. The first-order valence-corrected chi connectivity index (χ1v) is 8.10. The average Bonchev–Trinajstić information content (AvgIpc) is 2.26. The number of hydrogen-bond acceptors (Lipinski definition) is 3. The van der Waals surface area contributed by atoms with Gasteiger partial charge in [0.05, 0.1) is 0 Å². The minimum absolute atomic E-state index is 0.130. The summed E-state index contributed by atoms with van der Waals surface area (Å²) in [6.45, 7) is 1.64. The van der Waals surface area contributed by atoms with Crippen LogP contribution in [0.5, 0.6) is 0 Å². The Labute approximate surface area is 115 Å². The quantitative estimate of drug-likeness (QED) is 0.857. The molecular formula is C11H14BrClO3S. The lowest BCUT2D eigenvalue weighted by molar-refractivity contribution is 0.155. The Bertz CT molecular complexity index is 486. The van der Waals surface area contributed by atoms with E-state index in [1.165, 1.54) is 0 Å². The third-order valence-electron chi connectivity index (χ3n) is 2.69. The molecule has 0 aromatic heterocycles. The van der Waals surface area contributed by atoms with E-state index in [9.17, 15) is 13.5 Å². The summed E-state index contributed by atoms with van der Waals surface area (Å²) in [5.74, 6) is 0. The predicted molar refractivity (Wildman–Crippen MR) is 72.8 cm³/mol. The van der Waals surface area contributed by atoms with Crippen LogP contribution in [-0.2, 0) is 9.84 Å². The molecule has 1 aromatic rings. The largest absolute Gasteiger partial charge is 0.385 e. The average molecular weight is 342 g/mol. The molecule has 1 N–H and O–H groups in total. The van der Waals surface area contributed by atoms with E-state index < -0.39 is 20.1 Å². The molecule has 1 aromatic carbocycles. The molecule has 0 fully saturated rings. The zero-order chi connectivity index (χ0) is 13.3. The molecule has 0 spiro atoms. The topological polar surface area (TPSA) is 54.4 Å². The van der Waals surface area contributed by atoms with Crippen LogP contribution in [0.1, 0.15) is 25.0 Å². The van der Waals surface area contributed by atoms with Gasteiger partial charge in [0.2, 0.25) is 0 Å². The van der Waals surface area contributed by atoms with E-state index in [1.807, 2.05) is 0 Å².